The molecule has 0 aliphatic carbocycles. The fraction of sp³-hybridized carbons (Fsp3) is 0.500. The predicted octanol–water partition coefficient (Wildman–Crippen LogP) is 3.30. The second-order valence-electron chi connectivity index (χ2n) is 4.69. The first-order valence-electron chi connectivity index (χ1n) is 6.48. The maximum absolute atomic E-state index is 4.51. The zero-order valence-electron chi connectivity index (χ0n) is 11.7. The number of hydrogen-bond donors (Lipinski definition) is 1. The average molecular weight is 295 g/mol. The molecular weight excluding hydrogens is 274 g/mol. The molecule has 0 aromatic carbocycles. The van der Waals surface area contributed by atoms with E-state index in [0.29, 0.717) is 6.04 Å². The second-order valence-corrected chi connectivity index (χ2v) is 6.66. The average Bonchev–Trinajstić information content (AvgIpc) is 3.05. The largest absolute Gasteiger partial charge is 0.336 e. The molecule has 2 unspecified atom stereocenters. The highest BCUT2D eigenvalue weighted by Crippen LogP contribution is 2.25. The highest BCUT2D eigenvalue weighted by Gasteiger charge is 2.20. The molecule has 0 radical (unpaired) electrons. The molecule has 2 rings (SSSR count). The Bertz CT molecular complexity index is 479. The van der Waals surface area contributed by atoms with Gasteiger partial charge in [-0.25, -0.2) is 4.98 Å². The molecule has 2 aromatic rings. The minimum absolute atomic E-state index is 0.192. The lowest BCUT2D eigenvalue weighted by Crippen LogP contribution is -2.32. The molecule has 104 valence electrons. The Balaban J connectivity index is 2.14. The maximum atomic E-state index is 4.51. The summed E-state index contributed by atoms with van der Waals surface area (Å²) in [6.45, 7) is 2.25. The molecule has 0 aliphatic heterocycles. The van der Waals surface area contributed by atoms with E-state index in [1.54, 1.807) is 11.3 Å². The number of hydrogen-bond acceptors (Lipinski definition) is 4. The smallest absolute Gasteiger partial charge is 0.131 e. The van der Waals surface area contributed by atoms with E-state index in [2.05, 4.69) is 52.6 Å². The van der Waals surface area contributed by atoms with E-state index in [0.717, 1.165) is 5.82 Å². The molecule has 0 aliphatic rings. The number of aromatic nitrogens is 2. The second kappa shape index (κ2) is 7.12. The van der Waals surface area contributed by atoms with Crippen LogP contribution in [0, 0.1) is 0 Å². The lowest BCUT2D eigenvalue weighted by molar-refractivity contribution is 0.472. The van der Waals surface area contributed by atoms with Crippen LogP contribution < -0.4 is 5.32 Å². The number of rotatable bonds is 7. The Hall–Kier alpha value is -0.780. The highest BCUT2D eigenvalue weighted by atomic mass is 32.2. The van der Waals surface area contributed by atoms with E-state index in [1.165, 1.54) is 17.1 Å². The van der Waals surface area contributed by atoms with Crippen LogP contribution in [0.3, 0.4) is 0 Å². The van der Waals surface area contributed by atoms with Crippen molar-refractivity contribution in [1.29, 1.82) is 0 Å². The monoisotopic (exact) mass is 295 g/mol. The van der Waals surface area contributed by atoms with Crippen molar-refractivity contribution in [3.8, 4) is 0 Å². The van der Waals surface area contributed by atoms with Crippen LogP contribution in [0.15, 0.2) is 29.9 Å². The van der Waals surface area contributed by atoms with Crippen LogP contribution in [0.4, 0.5) is 0 Å². The van der Waals surface area contributed by atoms with E-state index in [9.17, 15) is 0 Å². The van der Waals surface area contributed by atoms with Gasteiger partial charge in [0.1, 0.15) is 11.9 Å². The zero-order valence-corrected chi connectivity index (χ0v) is 13.3. The minimum atomic E-state index is 0.192. The number of thiophene rings is 1. The summed E-state index contributed by atoms with van der Waals surface area (Å²) in [7, 11) is 2.05. The number of nitrogens with one attached hydrogen (secondary N) is 1. The van der Waals surface area contributed by atoms with Crippen molar-refractivity contribution in [3.63, 3.8) is 0 Å². The highest BCUT2D eigenvalue weighted by molar-refractivity contribution is 7.98. The van der Waals surface area contributed by atoms with E-state index < -0.39 is 0 Å². The number of aryl methyl sites for hydroxylation is 1. The molecule has 0 bridgehead atoms. The van der Waals surface area contributed by atoms with Gasteiger partial charge in [-0.15, -0.1) is 11.3 Å². The SMILES string of the molecule is CSCCC(C)NC(c1cccs1)c1nccn1C. The van der Waals surface area contributed by atoms with Crippen LogP contribution in [-0.4, -0.2) is 27.6 Å². The zero-order chi connectivity index (χ0) is 13.7. The number of imidazole rings is 1. The summed E-state index contributed by atoms with van der Waals surface area (Å²) < 4.78 is 2.10. The number of nitrogens with zero attached hydrogens (tertiary/aromatic N) is 2. The van der Waals surface area contributed by atoms with Gasteiger partial charge in [0.2, 0.25) is 0 Å². The Morgan fingerprint density at radius 1 is 1.53 bits per heavy atom. The van der Waals surface area contributed by atoms with Crippen LogP contribution in [0.5, 0.6) is 0 Å². The quantitative estimate of drug-likeness (QED) is 0.850. The summed E-state index contributed by atoms with van der Waals surface area (Å²) in [5, 5.41) is 5.84. The van der Waals surface area contributed by atoms with Crippen molar-refractivity contribution in [1.82, 2.24) is 14.9 Å². The molecule has 5 heteroatoms. The third-order valence-corrected chi connectivity index (χ3v) is 4.73. The molecule has 0 saturated carbocycles. The normalized spacial score (nSPS) is 14.5. The summed E-state index contributed by atoms with van der Waals surface area (Å²) in [4.78, 5) is 5.83. The van der Waals surface area contributed by atoms with Gasteiger partial charge in [-0.05, 0) is 36.8 Å². The van der Waals surface area contributed by atoms with Crippen molar-refractivity contribution in [3.05, 3.63) is 40.6 Å². The molecule has 2 aromatic heterocycles. The van der Waals surface area contributed by atoms with Crippen molar-refractivity contribution >= 4 is 23.1 Å². The molecule has 19 heavy (non-hydrogen) atoms. The van der Waals surface area contributed by atoms with E-state index >= 15 is 0 Å². The first-order valence-corrected chi connectivity index (χ1v) is 8.75. The van der Waals surface area contributed by atoms with Crippen LogP contribution in [0.25, 0.3) is 0 Å². The Kier molecular flexibility index (Phi) is 5.48. The molecule has 0 fully saturated rings. The Morgan fingerprint density at radius 3 is 2.95 bits per heavy atom. The Morgan fingerprint density at radius 2 is 2.37 bits per heavy atom. The molecular formula is C14H21N3S2. The summed E-state index contributed by atoms with van der Waals surface area (Å²) in [5.41, 5.74) is 0. The summed E-state index contributed by atoms with van der Waals surface area (Å²) in [5.74, 6) is 2.27. The topological polar surface area (TPSA) is 29.9 Å². The van der Waals surface area contributed by atoms with Crippen LogP contribution in [0.2, 0.25) is 0 Å². The van der Waals surface area contributed by atoms with E-state index in [4.69, 9.17) is 0 Å². The fourth-order valence-corrected chi connectivity index (χ4v) is 3.43. The third kappa shape index (κ3) is 3.84. The van der Waals surface area contributed by atoms with Crippen molar-refractivity contribution in [2.75, 3.05) is 12.0 Å². The molecule has 0 saturated heterocycles. The van der Waals surface area contributed by atoms with E-state index in [-0.39, 0.29) is 6.04 Å². The lowest BCUT2D eigenvalue weighted by atomic mass is 10.1. The summed E-state index contributed by atoms with van der Waals surface area (Å²) in [6.07, 6.45) is 7.20. The Labute approximate surface area is 123 Å². The molecule has 0 amide bonds. The van der Waals surface area contributed by atoms with Gasteiger partial charge >= 0.3 is 0 Å². The standard InChI is InChI=1S/C14H21N3S2/c1-11(6-10-18-3)16-13(12-5-4-9-19-12)14-15-7-8-17(14)2/h4-5,7-9,11,13,16H,6,10H2,1-3H3. The van der Waals surface area contributed by atoms with Gasteiger partial charge in [0.15, 0.2) is 0 Å². The molecule has 1 N–H and O–H groups in total. The van der Waals surface area contributed by atoms with Crippen molar-refractivity contribution in [2.24, 2.45) is 7.05 Å². The molecule has 2 atom stereocenters. The van der Waals surface area contributed by atoms with Crippen LogP contribution in [-0.2, 0) is 7.05 Å². The van der Waals surface area contributed by atoms with Gasteiger partial charge in [0, 0.05) is 30.4 Å². The van der Waals surface area contributed by atoms with Gasteiger partial charge in [-0.1, -0.05) is 6.07 Å². The predicted molar refractivity (Wildman–Crippen MR) is 85.0 cm³/mol. The first-order chi connectivity index (χ1) is 9.22. The van der Waals surface area contributed by atoms with E-state index in [1.807, 2.05) is 24.2 Å². The summed E-state index contributed by atoms with van der Waals surface area (Å²) in [6, 6.07) is 4.95. The van der Waals surface area contributed by atoms with Crippen LogP contribution >= 0.6 is 23.1 Å². The van der Waals surface area contributed by atoms with Gasteiger partial charge in [0.05, 0.1) is 0 Å². The van der Waals surface area contributed by atoms with Crippen LogP contribution in [0.1, 0.15) is 30.1 Å². The summed E-state index contributed by atoms with van der Waals surface area (Å²) >= 11 is 3.68. The van der Waals surface area contributed by atoms with Gasteiger partial charge in [-0.3, -0.25) is 0 Å². The first kappa shape index (κ1) is 14.6. The molecule has 0 spiro atoms. The lowest BCUT2D eigenvalue weighted by Gasteiger charge is -2.22. The molecule has 2 heterocycles. The number of thioether (sulfide) groups is 1. The van der Waals surface area contributed by atoms with Gasteiger partial charge < -0.3 is 9.88 Å². The minimum Gasteiger partial charge on any atom is -0.336 e. The maximum Gasteiger partial charge on any atom is 0.131 e. The van der Waals surface area contributed by atoms with Crippen molar-refractivity contribution < 1.29 is 0 Å². The van der Waals surface area contributed by atoms with Gasteiger partial charge in [0.25, 0.3) is 0 Å². The third-order valence-electron chi connectivity index (χ3n) is 3.15. The fourth-order valence-electron chi connectivity index (χ4n) is 2.06. The van der Waals surface area contributed by atoms with Gasteiger partial charge in [-0.2, -0.15) is 11.8 Å². The molecule has 3 nitrogen and oxygen atoms in total. The van der Waals surface area contributed by atoms with Crippen molar-refractivity contribution in [2.45, 2.75) is 25.4 Å².